The molecule has 23 heavy (non-hydrogen) atoms. The van der Waals surface area contributed by atoms with Crippen molar-refractivity contribution >= 4 is 24.0 Å². The third-order valence-corrected chi connectivity index (χ3v) is 3.55. The fourth-order valence-corrected chi connectivity index (χ4v) is 2.37. The summed E-state index contributed by atoms with van der Waals surface area (Å²) in [6.07, 6.45) is 3.09. The van der Waals surface area contributed by atoms with Gasteiger partial charge in [0.15, 0.2) is 4.77 Å². The number of nitrogens with zero attached hydrogens (tertiary/aromatic N) is 1. The van der Waals surface area contributed by atoms with E-state index in [1.165, 1.54) is 0 Å². The first-order chi connectivity index (χ1) is 11.2. The summed E-state index contributed by atoms with van der Waals surface area (Å²) < 4.78 is 7.61. The number of amides is 1. The van der Waals surface area contributed by atoms with Crippen LogP contribution in [0, 0.1) is 4.77 Å². The van der Waals surface area contributed by atoms with Crippen molar-refractivity contribution < 1.29 is 9.53 Å². The molecule has 5 nitrogen and oxygen atoms in total. The van der Waals surface area contributed by atoms with Gasteiger partial charge in [0.25, 0.3) is 0 Å². The molecule has 0 aliphatic carbocycles. The number of anilines is 1. The van der Waals surface area contributed by atoms with Crippen molar-refractivity contribution in [2.45, 2.75) is 6.61 Å². The second kappa shape index (κ2) is 6.93. The Hall–Kier alpha value is -2.86. The summed E-state index contributed by atoms with van der Waals surface area (Å²) >= 11 is 5.19. The van der Waals surface area contributed by atoms with Gasteiger partial charge in [-0.2, -0.15) is 0 Å². The van der Waals surface area contributed by atoms with Gasteiger partial charge in [0.2, 0.25) is 0 Å². The first-order valence-corrected chi connectivity index (χ1v) is 7.47. The predicted octanol–water partition coefficient (Wildman–Crippen LogP) is 4.28. The van der Waals surface area contributed by atoms with Gasteiger partial charge in [-0.1, -0.05) is 36.4 Å². The van der Waals surface area contributed by atoms with Crippen LogP contribution in [0.5, 0.6) is 0 Å². The Labute approximate surface area is 138 Å². The van der Waals surface area contributed by atoms with Crippen LogP contribution in [0.2, 0.25) is 0 Å². The van der Waals surface area contributed by atoms with Crippen LogP contribution >= 0.6 is 12.2 Å². The molecule has 3 rings (SSSR count). The molecule has 116 valence electrons. The molecule has 6 heteroatoms. The van der Waals surface area contributed by atoms with Gasteiger partial charge in [0, 0.05) is 23.8 Å². The van der Waals surface area contributed by atoms with Crippen LogP contribution in [-0.4, -0.2) is 15.6 Å². The molecule has 0 saturated carbocycles. The normalized spacial score (nSPS) is 10.3. The summed E-state index contributed by atoms with van der Waals surface area (Å²) in [5.41, 5.74) is 2.44. The van der Waals surface area contributed by atoms with Gasteiger partial charge < -0.3 is 9.72 Å². The van der Waals surface area contributed by atoms with E-state index in [0.717, 1.165) is 11.3 Å². The van der Waals surface area contributed by atoms with Crippen molar-refractivity contribution in [3.05, 3.63) is 77.3 Å². The predicted molar refractivity (Wildman–Crippen MR) is 91.2 cm³/mol. The molecule has 0 unspecified atom stereocenters. The number of rotatable bonds is 4. The number of ether oxygens (including phenoxy) is 1. The van der Waals surface area contributed by atoms with Crippen LogP contribution in [0.4, 0.5) is 10.5 Å². The Balaban J connectivity index is 1.65. The molecule has 1 aromatic heterocycles. The van der Waals surface area contributed by atoms with E-state index in [1.807, 2.05) is 59.3 Å². The van der Waals surface area contributed by atoms with E-state index in [4.69, 9.17) is 17.0 Å². The van der Waals surface area contributed by atoms with Crippen LogP contribution in [0.1, 0.15) is 5.56 Å². The molecule has 2 N–H and O–H groups in total. The SMILES string of the molecule is O=C(Nc1cccc(-n2cc[nH]c2=S)c1)OCc1ccccc1. The van der Waals surface area contributed by atoms with Crippen LogP contribution in [0.3, 0.4) is 0 Å². The van der Waals surface area contributed by atoms with Gasteiger partial charge in [-0.3, -0.25) is 9.88 Å². The molecule has 1 heterocycles. The van der Waals surface area contributed by atoms with Gasteiger partial charge in [0.05, 0.1) is 0 Å². The van der Waals surface area contributed by atoms with E-state index in [9.17, 15) is 4.79 Å². The Morgan fingerprint density at radius 3 is 2.74 bits per heavy atom. The average Bonchev–Trinajstić information content (AvgIpc) is 3.00. The minimum absolute atomic E-state index is 0.231. The number of nitrogens with one attached hydrogen (secondary N) is 2. The lowest BCUT2D eigenvalue weighted by molar-refractivity contribution is 0.155. The van der Waals surface area contributed by atoms with Gasteiger partial charge in [-0.25, -0.2) is 4.79 Å². The van der Waals surface area contributed by atoms with Gasteiger partial charge in [-0.15, -0.1) is 0 Å². The Bertz CT molecular complexity index is 855. The fourth-order valence-electron chi connectivity index (χ4n) is 2.13. The zero-order chi connectivity index (χ0) is 16.1. The number of aromatic nitrogens is 2. The van der Waals surface area contributed by atoms with Gasteiger partial charge in [0.1, 0.15) is 6.61 Å². The minimum atomic E-state index is -0.497. The largest absolute Gasteiger partial charge is 0.444 e. The maximum Gasteiger partial charge on any atom is 0.411 e. The monoisotopic (exact) mass is 325 g/mol. The number of benzene rings is 2. The molecule has 1 amide bonds. The number of hydrogen-bond acceptors (Lipinski definition) is 3. The molecule has 0 bridgehead atoms. The maximum absolute atomic E-state index is 11.9. The quantitative estimate of drug-likeness (QED) is 0.704. The lowest BCUT2D eigenvalue weighted by atomic mass is 10.2. The highest BCUT2D eigenvalue weighted by atomic mass is 32.1. The molecule has 0 radical (unpaired) electrons. The Morgan fingerprint density at radius 1 is 1.17 bits per heavy atom. The van der Waals surface area contributed by atoms with E-state index in [-0.39, 0.29) is 6.61 Å². The molecule has 0 aliphatic rings. The minimum Gasteiger partial charge on any atom is -0.444 e. The summed E-state index contributed by atoms with van der Waals surface area (Å²) in [6, 6.07) is 16.9. The zero-order valence-electron chi connectivity index (χ0n) is 12.2. The number of H-pyrrole nitrogens is 1. The molecular formula is C17H15N3O2S. The highest BCUT2D eigenvalue weighted by Crippen LogP contribution is 2.15. The topological polar surface area (TPSA) is 59.0 Å². The second-order valence-electron chi connectivity index (χ2n) is 4.87. The number of hydrogen-bond donors (Lipinski definition) is 2. The van der Waals surface area contributed by atoms with E-state index in [1.54, 1.807) is 12.3 Å². The number of carbonyl (C=O) groups is 1. The number of carbonyl (C=O) groups excluding carboxylic acids is 1. The second-order valence-corrected chi connectivity index (χ2v) is 5.26. The standard InChI is InChI=1S/C17H15N3O2S/c21-17(22-12-13-5-2-1-3-6-13)19-14-7-4-8-15(11-14)20-10-9-18-16(20)23/h1-11H,12H2,(H,18,23)(H,19,21). The average molecular weight is 325 g/mol. The summed E-state index contributed by atoms with van der Waals surface area (Å²) in [4.78, 5) is 14.8. The van der Waals surface area contributed by atoms with Crippen LogP contribution in [-0.2, 0) is 11.3 Å². The summed E-state index contributed by atoms with van der Waals surface area (Å²) in [7, 11) is 0. The first-order valence-electron chi connectivity index (χ1n) is 7.06. The molecular weight excluding hydrogens is 310 g/mol. The Morgan fingerprint density at radius 2 is 2.00 bits per heavy atom. The highest BCUT2D eigenvalue weighted by Gasteiger charge is 2.05. The molecule has 0 saturated heterocycles. The lowest BCUT2D eigenvalue weighted by Crippen LogP contribution is -2.13. The first kappa shape index (κ1) is 15.1. The molecule has 0 fully saturated rings. The van der Waals surface area contributed by atoms with Crippen molar-refractivity contribution in [2.75, 3.05) is 5.32 Å². The molecule has 0 atom stereocenters. The summed E-state index contributed by atoms with van der Waals surface area (Å²) in [5, 5.41) is 2.72. The molecule has 0 aliphatic heterocycles. The van der Waals surface area contributed by atoms with E-state index < -0.39 is 6.09 Å². The van der Waals surface area contributed by atoms with Gasteiger partial charge >= 0.3 is 6.09 Å². The molecule has 0 spiro atoms. The summed E-state index contributed by atoms with van der Waals surface area (Å²) in [5.74, 6) is 0. The van der Waals surface area contributed by atoms with Crippen LogP contribution in [0.15, 0.2) is 67.0 Å². The highest BCUT2D eigenvalue weighted by molar-refractivity contribution is 7.71. The smallest absolute Gasteiger partial charge is 0.411 e. The third kappa shape index (κ3) is 3.87. The third-order valence-electron chi connectivity index (χ3n) is 3.23. The van der Waals surface area contributed by atoms with Crippen molar-refractivity contribution in [1.82, 2.24) is 9.55 Å². The van der Waals surface area contributed by atoms with Crippen molar-refractivity contribution in [1.29, 1.82) is 0 Å². The maximum atomic E-state index is 11.9. The van der Waals surface area contributed by atoms with E-state index in [2.05, 4.69) is 10.3 Å². The number of aromatic amines is 1. The van der Waals surface area contributed by atoms with E-state index in [0.29, 0.717) is 10.5 Å². The Kier molecular flexibility index (Phi) is 4.54. The van der Waals surface area contributed by atoms with Crippen molar-refractivity contribution in [3.8, 4) is 5.69 Å². The molecule has 3 aromatic rings. The van der Waals surface area contributed by atoms with Crippen LogP contribution in [0.25, 0.3) is 5.69 Å². The molecule has 2 aromatic carbocycles. The summed E-state index contributed by atoms with van der Waals surface area (Å²) in [6.45, 7) is 0.231. The van der Waals surface area contributed by atoms with Crippen LogP contribution < -0.4 is 5.32 Å². The van der Waals surface area contributed by atoms with Crippen molar-refractivity contribution in [2.24, 2.45) is 0 Å². The van der Waals surface area contributed by atoms with E-state index >= 15 is 0 Å². The lowest BCUT2D eigenvalue weighted by Gasteiger charge is -2.09. The number of imidazole rings is 1. The zero-order valence-corrected chi connectivity index (χ0v) is 13.0. The van der Waals surface area contributed by atoms with Gasteiger partial charge in [-0.05, 0) is 36.0 Å². The fraction of sp³-hybridized carbons (Fsp3) is 0.0588. The van der Waals surface area contributed by atoms with Crippen molar-refractivity contribution in [3.63, 3.8) is 0 Å².